The van der Waals surface area contributed by atoms with Crippen LogP contribution in [0.4, 0.5) is 12.9 Å². The van der Waals surface area contributed by atoms with Crippen LogP contribution in [0.25, 0.3) is 0 Å². The average molecular weight is 277 g/mol. The second-order valence-corrected chi connectivity index (χ2v) is 4.03. The Morgan fingerprint density at radius 1 is 1.05 bits per heavy atom. The SMILES string of the molecule is COCCCCOc1ccc(OC)cc1[B-](F)(F)F. The molecule has 0 aliphatic rings. The Kier molecular flexibility index (Phi) is 6.01. The summed E-state index contributed by atoms with van der Waals surface area (Å²) in [5.74, 6) is 0.0200. The van der Waals surface area contributed by atoms with Gasteiger partial charge in [0.25, 0.3) is 0 Å². The number of benzene rings is 1. The molecule has 108 valence electrons. The Labute approximate surface area is 110 Å². The minimum absolute atomic E-state index is 0.147. The first-order chi connectivity index (χ1) is 8.99. The molecular weight excluding hydrogens is 260 g/mol. The zero-order valence-corrected chi connectivity index (χ0v) is 11.0. The van der Waals surface area contributed by atoms with Gasteiger partial charge in [-0.25, -0.2) is 0 Å². The van der Waals surface area contributed by atoms with Crippen LogP contribution in [0.1, 0.15) is 12.8 Å². The van der Waals surface area contributed by atoms with Crippen LogP contribution in [-0.2, 0) is 4.74 Å². The molecule has 0 saturated carbocycles. The van der Waals surface area contributed by atoms with Crippen molar-refractivity contribution < 1.29 is 27.2 Å². The van der Waals surface area contributed by atoms with E-state index in [2.05, 4.69) is 0 Å². The molecule has 0 unspecified atom stereocenters. The van der Waals surface area contributed by atoms with Crippen LogP contribution in [-0.4, -0.2) is 34.4 Å². The van der Waals surface area contributed by atoms with Crippen molar-refractivity contribution in [3.8, 4) is 11.5 Å². The van der Waals surface area contributed by atoms with Crippen molar-refractivity contribution in [2.45, 2.75) is 12.8 Å². The zero-order valence-electron chi connectivity index (χ0n) is 11.0. The monoisotopic (exact) mass is 277 g/mol. The summed E-state index contributed by atoms with van der Waals surface area (Å²) in [5.41, 5.74) is -0.758. The Hall–Kier alpha value is -1.37. The van der Waals surface area contributed by atoms with E-state index in [1.54, 1.807) is 7.11 Å². The van der Waals surface area contributed by atoms with E-state index in [0.29, 0.717) is 13.0 Å². The van der Waals surface area contributed by atoms with Crippen molar-refractivity contribution in [1.82, 2.24) is 0 Å². The molecule has 0 amide bonds. The van der Waals surface area contributed by atoms with E-state index in [0.717, 1.165) is 12.5 Å². The highest BCUT2D eigenvalue weighted by Crippen LogP contribution is 2.22. The van der Waals surface area contributed by atoms with E-state index in [9.17, 15) is 12.9 Å². The molecule has 0 aliphatic carbocycles. The predicted octanol–water partition coefficient (Wildman–Crippen LogP) is 2.56. The van der Waals surface area contributed by atoms with Crippen LogP contribution < -0.4 is 14.9 Å². The Bertz CT molecular complexity index is 396. The van der Waals surface area contributed by atoms with Crippen LogP contribution in [0, 0.1) is 0 Å². The molecule has 1 aromatic rings. The van der Waals surface area contributed by atoms with Gasteiger partial charge >= 0.3 is 6.98 Å². The third kappa shape index (κ3) is 5.02. The fourth-order valence-electron chi connectivity index (χ4n) is 1.57. The number of hydrogen-bond donors (Lipinski definition) is 0. The lowest BCUT2D eigenvalue weighted by molar-refractivity contribution is 0.184. The normalized spacial score (nSPS) is 11.4. The summed E-state index contributed by atoms with van der Waals surface area (Å²) < 4.78 is 53.6. The van der Waals surface area contributed by atoms with Crippen LogP contribution in [0.3, 0.4) is 0 Å². The third-order valence-electron chi connectivity index (χ3n) is 2.57. The quantitative estimate of drug-likeness (QED) is 0.540. The smallest absolute Gasteiger partial charge is 0.497 e. The molecule has 0 atom stereocenters. The van der Waals surface area contributed by atoms with E-state index in [-0.39, 0.29) is 18.1 Å². The number of halogens is 3. The summed E-state index contributed by atoms with van der Waals surface area (Å²) in [6.45, 7) is -4.32. The number of ether oxygens (including phenoxy) is 3. The first-order valence-electron chi connectivity index (χ1n) is 5.98. The van der Waals surface area contributed by atoms with Crippen molar-refractivity contribution in [2.24, 2.45) is 0 Å². The van der Waals surface area contributed by atoms with Gasteiger partial charge in [0.05, 0.1) is 19.5 Å². The van der Waals surface area contributed by atoms with E-state index < -0.39 is 12.4 Å². The Balaban J connectivity index is 2.71. The molecule has 0 bridgehead atoms. The van der Waals surface area contributed by atoms with Crippen LogP contribution in [0.5, 0.6) is 11.5 Å². The molecule has 0 fully saturated rings. The minimum Gasteiger partial charge on any atom is -0.497 e. The maximum absolute atomic E-state index is 12.9. The van der Waals surface area contributed by atoms with E-state index in [1.165, 1.54) is 19.2 Å². The van der Waals surface area contributed by atoms with Crippen molar-refractivity contribution in [3.05, 3.63) is 18.2 Å². The van der Waals surface area contributed by atoms with Gasteiger partial charge in [-0.3, -0.25) is 0 Å². The van der Waals surface area contributed by atoms with Crippen molar-refractivity contribution in [2.75, 3.05) is 27.4 Å². The molecule has 7 heteroatoms. The zero-order chi connectivity index (χ0) is 14.3. The van der Waals surface area contributed by atoms with Gasteiger partial charge in [-0.05, 0) is 31.0 Å². The van der Waals surface area contributed by atoms with Gasteiger partial charge in [0.1, 0.15) is 5.75 Å². The fourth-order valence-corrected chi connectivity index (χ4v) is 1.57. The molecule has 1 rings (SSSR count). The van der Waals surface area contributed by atoms with E-state index >= 15 is 0 Å². The summed E-state index contributed by atoms with van der Waals surface area (Å²) in [5, 5.41) is 0. The largest absolute Gasteiger partial charge is 0.513 e. The van der Waals surface area contributed by atoms with Crippen molar-refractivity contribution in [3.63, 3.8) is 0 Å². The second kappa shape index (κ2) is 7.28. The highest BCUT2D eigenvalue weighted by atomic mass is 19.4. The molecule has 0 aliphatic heterocycles. The van der Waals surface area contributed by atoms with Gasteiger partial charge < -0.3 is 27.2 Å². The van der Waals surface area contributed by atoms with Gasteiger partial charge in [-0.1, -0.05) is 5.46 Å². The molecule has 3 nitrogen and oxygen atoms in total. The van der Waals surface area contributed by atoms with Gasteiger partial charge in [0.15, 0.2) is 0 Å². The van der Waals surface area contributed by atoms with Crippen LogP contribution >= 0.6 is 0 Å². The first kappa shape index (κ1) is 15.7. The van der Waals surface area contributed by atoms with Crippen molar-refractivity contribution in [1.29, 1.82) is 0 Å². The standard InChI is InChI=1S/C12H17BF3O3/c1-17-7-3-4-8-19-12-6-5-10(18-2)9-11(12)13(14,15)16/h5-6,9H,3-4,7-8H2,1-2H3/q-1. The fraction of sp³-hybridized carbons (Fsp3) is 0.500. The average Bonchev–Trinajstić information content (AvgIpc) is 2.37. The highest BCUT2D eigenvalue weighted by Gasteiger charge is 2.29. The topological polar surface area (TPSA) is 27.7 Å². The maximum Gasteiger partial charge on any atom is 0.513 e. The first-order valence-corrected chi connectivity index (χ1v) is 5.98. The molecule has 0 aromatic heterocycles. The summed E-state index contributed by atoms with van der Waals surface area (Å²) in [6.07, 6.45) is 1.39. The third-order valence-corrected chi connectivity index (χ3v) is 2.57. The van der Waals surface area contributed by atoms with Gasteiger partial charge in [0.2, 0.25) is 0 Å². The maximum atomic E-state index is 12.9. The van der Waals surface area contributed by atoms with Crippen LogP contribution in [0.15, 0.2) is 18.2 Å². The second-order valence-electron chi connectivity index (χ2n) is 4.03. The molecule has 1 aromatic carbocycles. The van der Waals surface area contributed by atoms with Crippen LogP contribution in [0.2, 0.25) is 0 Å². The lowest BCUT2D eigenvalue weighted by atomic mass is 9.79. The molecule has 0 heterocycles. The van der Waals surface area contributed by atoms with E-state index in [4.69, 9.17) is 14.2 Å². The van der Waals surface area contributed by atoms with Gasteiger partial charge in [-0.2, -0.15) is 0 Å². The van der Waals surface area contributed by atoms with Crippen molar-refractivity contribution >= 4 is 12.4 Å². The molecule has 0 saturated heterocycles. The lowest BCUT2D eigenvalue weighted by Crippen LogP contribution is -2.35. The number of unbranched alkanes of at least 4 members (excludes halogenated alkanes) is 1. The predicted molar refractivity (Wildman–Crippen MR) is 68.3 cm³/mol. The van der Waals surface area contributed by atoms with E-state index in [1.807, 2.05) is 0 Å². The molecular formula is C12H17BF3O3-. The summed E-state index contributed by atoms with van der Waals surface area (Å²) in [7, 11) is 2.91. The molecule has 0 radical (unpaired) electrons. The molecule has 0 N–H and O–H groups in total. The minimum atomic E-state index is -5.12. The lowest BCUT2D eigenvalue weighted by Gasteiger charge is -2.20. The highest BCUT2D eigenvalue weighted by molar-refractivity contribution is 6.74. The number of methoxy groups -OCH3 is 2. The summed E-state index contributed by atoms with van der Waals surface area (Å²) in [4.78, 5) is 0. The van der Waals surface area contributed by atoms with Gasteiger partial charge in [-0.15, -0.1) is 0 Å². The summed E-state index contributed by atoms with van der Waals surface area (Å²) >= 11 is 0. The Morgan fingerprint density at radius 2 is 1.74 bits per heavy atom. The summed E-state index contributed by atoms with van der Waals surface area (Å²) in [6, 6.07) is 3.71. The molecule has 19 heavy (non-hydrogen) atoms. The van der Waals surface area contributed by atoms with Gasteiger partial charge in [0, 0.05) is 13.7 Å². The number of hydrogen-bond acceptors (Lipinski definition) is 3. The molecule has 0 spiro atoms. The Morgan fingerprint density at radius 3 is 2.32 bits per heavy atom. The number of rotatable bonds is 8.